The number of phenols is 1. The van der Waals surface area contributed by atoms with Gasteiger partial charge in [0.25, 0.3) is 0 Å². The van der Waals surface area contributed by atoms with Crippen molar-refractivity contribution in [3.63, 3.8) is 0 Å². The van der Waals surface area contributed by atoms with E-state index in [4.69, 9.17) is 14.2 Å². The lowest BCUT2D eigenvalue weighted by molar-refractivity contribution is 0.112. The lowest BCUT2D eigenvalue weighted by atomic mass is 10.1. The molecule has 0 aliphatic rings. The number of nitrogens with one attached hydrogen (secondary N) is 1. The van der Waals surface area contributed by atoms with E-state index in [0.717, 1.165) is 10.9 Å². The van der Waals surface area contributed by atoms with Gasteiger partial charge in [0, 0.05) is 10.9 Å². The Morgan fingerprint density at radius 2 is 1.82 bits per heavy atom. The van der Waals surface area contributed by atoms with Crippen molar-refractivity contribution in [1.29, 1.82) is 0 Å². The van der Waals surface area contributed by atoms with Crippen molar-refractivity contribution in [3.8, 4) is 23.0 Å². The molecule has 0 bridgehead atoms. The van der Waals surface area contributed by atoms with E-state index >= 15 is 0 Å². The molecule has 3 aromatic rings. The predicted octanol–water partition coefficient (Wildman–Crippen LogP) is 2.87. The number of aromatic amines is 1. The summed E-state index contributed by atoms with van der Waals surface area (Å²) in [7, 11) is 4.39. The Morgan fingerprint density at radius 3 is 2.41 bits per heavy atom. The van der Waals surface area contributed by atoms with E-state index in [9.17, 15) is 9.90 Å². The molecular formula is C16H15NO5. The summed E-state index contributed by atoms with van der Waals surface area (Å²) in [5.41, 5.74) is 1.56. The number of carbonyl (C=O) groups is 1. The monoisotopic (exact) mass is 301 g/mol. The first-order valence-corrected chi connectivity index (χ1v) is 6.57. The number of benzene rings is 2. The summed E-state index contributed by atoms with van der Waals surface area (Å²) in [5.74, 6) is 0.886. The Hall–Kier alpha value is -2.89. The highest BCUT2D eigenvalue weighted by atomic mass is 16.5. The standard InChI is InChI=1S/C16H15NO5/c1-20-8-4-5-11-9(6-8)12-13(17-11)10(7-18)15(21-2)16(22-3)14(12)19/h4-7,17,19H,1-3H3. The molecule has 1 aromatic heterocycles. The van der Waals surface area contributed by atoms with Gasteiger partial charge < -0.3 is 24.3 Å². The Kier molecular flexibility index (Phi) is 3.29. The second kappa shape index (κ2) is 5.14. The molecule has 1 heterocycles. The molecule has 0 saturated carbocycles. The molecule has 0 unspecified atom stereocenters. The molecule has 2 aromatic carbocycles. The SMILES string of the molecule is COc1ccc2[nH]c3c(C=O)c(OC)c(OC)c(O)c3c2c1. The van der Waals surface area contributed by atoms with Crippen LogP contribution in [0.2, 0.25) is 0 Å². The fraction of sp³-hybridized carbons (Fsp3) is 0.188. The largest absolute Gasteiger partial charge is 0.504 e. The highest BCUT2D eigenvalue weighted by Crippen LogP contribution is 2.48. The maximum Gasteiger partial charge on any atom is 0.204 e. The van der Waals surface area contributed by atoms with Gasteiger partial charge in [-0.2, -0.15) is 0 Å². The summed E-state index contributed by atoms with van der Waals surface area (Å²) >= 11 is 0. The van der Waals surface area contributed by atoms with Gasteiger partial charge in [-0.1, -0.05) is 0 Å². The van der Waals surface area contributed by atoms with E-state index in [1.807, 2.05) is 6.07 Å². The number of rotatable bonds is 4. The molecule has 0 amide bonds. The van der Waals surface area contributed by atoms with Gasteiger partial charge in [-0.15, -0.1) is 0 Å². The summed E-state index contributed by atoms with van der Waals surface area (Å²) in [4.78, 5) is 14.7. The molecule has 0 radical (unpaired) electrons. The number of fused-ring (bicyclic) bond motifs is 3. The summed E-state index contributed by atoms with van der Waals surface area (Å²) in [6.07, 6.45) is 0.676. The molecule has 6 heteroatoms. The Labute approximate surface area is 126 Å². The molecular weight excluding hydrogens is 286 g/mol. The number of hydrogen-bond donors (Lipinski definition) is 2. The molecule has 114 valence electrons. The van der Waals surface area contributed by atoms with Crippen LogP contribution in [0.1, 0.15) is 10.4 Å². The predicted molar refractivity (Wildman–Crippen MR) is 82.5 cm³/mol. The van der Waals surface area contributed by atoms with Crippen molar-refractivity contribution >= 4 is 28.1 Å². The van der Waals surface area contributed by atoms with Gasteiger partial charge in [0.2, 0.25) is 5.75 Å². The van der Waals surface area contributed by atoms with Crippen LogP contribution in [0.25, 0.3) is 21.8 Å². The zero-order valence-electron chi connectivity index (χ0n) is 12.4. The summed E-state index contributed by atoms with van der Waals surface area (Å²) < 4.78 is 15.7. The Bertz CT molecular complexity index is 881. The van der Waals surface area contributed by atoms with E-state index in [-0.39, 0.29) is 17.2 Å². The molecule has 0 atom stereocenters. The first-order valence-electron chi connectivity index (χ1n) is 6.57. The number of aromatic hydroxyl groups is 1. The van der Waals surface area contributed by atoms with E-state index in [1.165, 1.54) is 14.2 Å². The van der Waals surface area contributed by atoms with Crippen LogP contribution in [0.15, 0.2) is 18.2 Å². The third-order valence-electron chi connectivity index (χ3n) is 3.70. The van der Waals surface area contributed by atoms with Crippen LogP contribution in [0.3, 0.4) is 0 Å². The van der Waals surface area contributed by atoms with Crippen molar-refractivity contribution in [2.75, 3.05) is 21.3 Å². The minimum absolute atomic E-state index is 0.0838. The number of hydrogen-bond acceptors (Lipinski definition) is 5. The van der Waals surface area contributed by atoms with Crippen molar-refractivity contribution in [2.24, 2.45) is 0 Å². The number of ether oxygens (including phenoxy) is 3. The molecule has 2 N–H and O–H groups in total. The van der Waals surface area contributed by atoms with Crippen LogP contribution in [-0.2, 0) is 0 Å². The molecule has 6 nitrogen and oxygen atoms in total. The molecule has 3 rings (SSSR count). The molecule has 0 aliphatic carbocycles. The number of aldehydes is 1. The van der Waals surface area contributed by atoms with Crippen molar-refractivity contribution < 1.29 is 24.1 Å². The number of carbonyl (C=O) groups excluding carboxylic acids is 1. The quantitative estimate of drug-likeness (QED) is 0.724. The first-order chi connectivity index (χ1) is 10.7. The summed E-state index contributed by atoms with van der Waals surface area (Å²) in [6, 6.07) is 5.40. The molecule has 22 heavy (non-hydrogen) atoms. The lowest BCUT2D eigenvalue weighted by Gasteiger charge is -2.13. The van der Waals surface area contributed by atoms with E-state index in [2.05, 4.69) is 4.98 Å². The van der Waals surface area contributed by atoms with Gasteiger partial charge in [-0.25, -0.2) is 0 Å². The van der Waals surface area contributed by atoms with Crippen LogP contribution in [0, 0.1) is 0 Å². The summed E-state index contributed by atoms with van der Waals surface area (Å²) in [5, 5.41) is 11.8. The zero-order valence-corrected chi connectivity index (χ0v) is 12.4. The molecule has 0 aliphatic heterocycles. The van der Waals surface area contributed by atoms with Gasteiger partial charge in [0.1, 0.15) is 5.75 Å². The zero-order chi connectivity index (χ0) is 15.9. The second-order valence-electron chi connectivity index (χ2n) is 4.73. The van der Waals surface area contributed by atoms with Crippen LogP contribution in [0.5, 0.6) is 23.0 Å². The van der Waals surface area contributed by atoms with Crippen molar-refractivity contribution in [1.82, 2.24) is 4.98 Å². The van der Waals surface area contributed by atoms with E-state index in [1.54, 1.807) is 19.2 Å². The lowest BCUT2D eigenvalue weighted by Crippen LogP contribution is -1.97. The van der Waals surface area contributed by atoms with E-state index in [0.29, 0.717) is 28.5 Å². The number of phenolic OH excluding ortho intramolecular Hbond substituents is 1. The number of methoxy groups -OCH3 is 3. The molecule has 0 fully saturated rings. The average molecular weight is 301 g/mol. The van der Waals surface area contributed by atoms with Crippen LogP contribution in [-0.4, -0.2) is 37.7 Å². The Balaban J connectivity index is 2.55. The van der Waals surface area contributed by atoms with Gasteiger partial charge in [0.15, 0.2) is 17.8 Å². The smallest absolute Gasteiger partial charge is 0.204 e. The molecule has 0 saturated heterocycles. The third-order valence-corrected chi connectivity index (χ3v) is 3.70. The third kappa shape index (κ3) is 1.77. The van der Waals surface area contributed by atoms with Crippen molar-refractivity contribution in [3.05, 3.63) is 23.8 Å². The molecule has 0 spiro atoms. The minimum atomic E-state index is -0.0838. The minimum Gasteiger partial charge on any atom is -0.504 e. The Morgan fingerprint density at radius 1 is 1.09 bits per heavy atom. The fourth-order valence-electron chi connectivity index (χ4n) is 2.71. The van der Waals surface area contributed by atoms with Gasteiger partial charge in [-0.05, 0) is 18.2 Å². The maximum atomic E-state index is 11.5. The van der Waals surface area contributed by atoms with E-state index < -0.39 is 0 Å². The first kappa shape index (κ1) is 14.1. The van der Waals surface area contributed by atoms with Crippen molar-refractivity contribution in [2.45, 2.75) is 0 Å². The number of aromatic nitrogens is 1. The summed E-state index contributed by atoms with van der Waals surface area (Å²) in [6.45, 7) is 0. The van der Waals surface area contributed by atoms with Crippen LogP contribution < -0.4 is 14.2 Å². The fourth-order valence-corrected chi connectivity index (χ4v) is 2.71. The number of H-pyrrole nitrogens is 1. The van der Waals surface area contributed by atoms with Gasteiger partial charge >= 0.3 is 0 Å². The highest BCUT2D eigenvalue weighted by Gasteiger charge is 2.24. The topological polar surface area (TPSA) is 80.8 Å². The van der Waals surface area contributed by atoms with Gasteiger partial charge in [-0.3, -0.25) is 4.79 Å². The second-order valence-corrected chi connectivity index (χ2v) is 4.73. The average Bonchev–Trinajstić information content (AvgIpc) is 2.92. The van der Waals surface area contributed by atoms with Gasteiger partial charge in [0.05, 0.1) is 37.8 Å². The van der Waals surface area contributed by atoms with Crippen LogP contribution >= 0.6 is 0 Å². The van der Waals surface area contributed by atoms with Crippen LogP contribution in [0.4, 0.5) is 0 Å². The maximum absolute atomic E-state index is 11.5. The highest BCUT2D eigenvalue weighted by molar-refractivity contribution is 6.17. The normalized spacial score (nSPS) is 10.9.